The van der Waals surface area contributed by atoms with E-state index in [9.17, 15) is 9.59 Å². The minimum Gasteiger partial charge on any atom is -0.492 e. The molecule has 7 heteroatoms. The number of fused-ring (bicyclic) bond motifs is 1. The summed E-state index contributed by atoms with van der Waals surface area (Å²) in [4.78, 5) is 32.6. The molecule has 154 valence electrons. The fourth-order valence-electron chi connectivity index (χ4n) is 4.16. The van der Waals surface area contributed by atoms with Crippen molar-refractivity contribution in [2.75, 3.05) is 25.0 Å². The zero-order chi connectivity index (χ0) is 20.2. The predicted octanol–water partition coefficient (Wildman–Crippen LogP) is 3.50. The molecule has 3 heterocycles. The Labute approximate surface area is 171 Å². The summed E-state index contributed by atoms with van der Waals surface area (Å²) in [5.41, 5.74) is 1.96. The van der Waals surface area contributed by atoms with Gasteiger partial charge in [-0.15, -0.1) is 0 Å². The molecule has 0 atom stereocenters. The molecule has 2 aliphatic rings. The summed E-state index contributed by atoms with van der Waals surface area (Å²) in [7, 11) is 0. The summed E-state index contributed by atoms with van der Waals surface area (Å²) < 4.78 is 7.54. The molecule has 0 saturated carbocycles. The average molecular weight is 396 g/mol. The van der Waals surface area contributed by atoms with Crippen LogP contribution in [0.5, 0.6) is 5.75 Å². The van der Waals surface area contributed by atoms with Gasteiger partial charge in [0, 0.05) is 19.6 Å². The number of likely N-dealkylation sites (tertiary alicyclic amines) is 1. The van der Waals surface area contributed by atoms with E-state index in [1.807, 2.05) is 40.7 Å². The Balaban J connectivity index is 1.63. The standard InChI is InChI=1S/C22H28N4O3/c1-2-29-18-12-5-4-10-16(18)23-21(27)20-24-19(17-11-6-9-15-26(17)20)22(28)25-13-7-3-8-14-25/h4-5,10,12H,2-3,6-9,11,13-15H2,1H3,(H,23,27). The van der Waals surface area contributed by atoms with Crippen molar-refractivity contribution in [3.8, 4) is 5.75 Å². The molecule has 1 aromatic heterocycles. The van der Waals surface area contributed by atoms with Gasteiger partial charge in [0.2, 0.25) is 0 Å². The van der Waals surface area contributed by atoms with E-state index >= 15 is 0 Å². The second-order valence-electron chi connectivity index (χ2n) is 7.58. The molecule has 0 spiro atoms. The van der Waals surface area contributed by atoms with Crippen molar-refractivity contribution in [3.05, 3.63) is 41.5 Å². The zero-order valence-electron chi connectivity index (χ0n) is 16.9. The summed E-state index contributed by atoms with van der Waals surface area (Å²) in [6.45, 7) is 4.68. The number of hydrogen-bond donors (Lipinski definition) is 1. The molecule has 2 amide bonds. The van der Waals surface area contributed by atoms with Crippen LogP contribution in [-0.2, 0) is 13.0 Å². The maximum absolute atomic E-state index is 13.1. The lowest BCUT2D eigenvalue weighted by molar-refractivity contribution is 0.0717. The van der Waals surface area contributed by atoms with Gasteiger partial charge in [0.1, 0.15) is 11.4 Å². The number of imidazole rings is 1. The van der Waals surface area contributed by atoms with Gasteiger partial charge in [-0.25, -0.2) is 4.98 Å². The minimum absolute atomic E-state index is 0.0379. The van der Waals surface area contributed by atoms with Crippen molar-refractivity contribution in [3.63, 3.8) is 0 Å². The van der Waals surface area contributed by atoms with E-state index in [1.165, 1.54) is 0 Å². The second kappa shape index (κ2) is 8.68. The van der Waals surface area contributed by atoms with Gasteiger partial charge in [-0.2, -0.15) is 0 Å². The van der Waals surface area contributed by atoms with Gasteiger partial charge in [-0.05, 0) is 57.6 Å². The maximum atomic E-state index is 13.1. The maximum Gasteiger partial charge on any atom is 0.291 e. The van der Waals surface area contributed by atoms with Gasteiger partial charge >= 0.3 is 0 Å². The van der Waals surface area contributed by atoms with E-state index in [0.29, 0.717) is 36.1 Å². The molecule has 4 rings (SSSR count). The highest BCUT2D eigenvalue weighted by Gasteiger charge is 2.30. The van der Waals surface area contributed by atoms with Crippen molar-refractivity contribution in [2.24, 2.45) is 0 Å². The predicted molar refractivity (Wildman–Crippen MR) is 110 cm³/mol. The van der Waals surface area contributed by atoms with Crippen molar-refractivity contribution >= 4 is 17.5 Å². The lowest BCUT2D eigenvalue weighted by atomic mass is 10.1. The van der Waals surface area contributed by atoms with Crippen LogP contribution in [0.4, 0.5) is 5.69 Å². The Morgan fingerprint density at radius 3 is 2.62 bits per heavy atom. The Bertz CT molecular complexity index is 899. The summed E-state index contributed by atoms with van der Waals surface area (Å²) in [5.74, 6) is 0.590. The van der Waals surface area contributed by atoms with Crippen molar-refractivity contribution in [2.45, 2.75) is 52.0 Å². The molecule has 0 aliphatic carbocycles. The van der Waals surface area contributed by atoms with E-state index in [2.05, 4.69) is 10.3 Å². The Hall–Kier alpha value is -2.83. The molecule has 0 bridgehead atoms. The minimum atomic E-state index is -0.307. The third-order valence-electron chi connectivity index (χ3n) is 5.60. The molecule has 2 aliphatic heterocycles. The Morgan fingerprint density at radius 2 is 1.83 bits per heavy atom. The summed E-state index contributed by atoms with van der Waals surface area (Å²) in [6.07, 6.45) is 6.01. The zero-order valence-corrected chi connectivity index (χ0v) is 16.9. The molecule has 1 saturated heterocycles. The van der Waals surface area contributed by atoms with Gasteiger partial charge in [0.25, 0.3) is 11.8 Å². The number of ether oxygens (including phenoxy) is 1. The average Bonchev–Trinajstić information content (AvgIpc) is 3.15. The number of para-hydroxylation sites is 2. The molecule has 1 aromatic carbocycles. The van der Waals surface area contributed by atoms with Crippen LogP contribution in [0.3, 0.4) is 0 Å². The first kappa shape index (κ1) is 19.5. The van der Waals surface area contributed by atoms with E-state index in [-0.39, 0.29) is 11.8 Å². The Kier molecular flexibility index (Phi) is 5.83. The lowest BCUT2D eigenvalue weighted by Crippen LogP contribution is -2.36. The van der Waals surface area contributed by atoms with E-state index in [0.717, 1.165) is 57.3 Å². The third-order valence-corrected chi connectivity index (χ3v) is 5.60. The molecular formula is C22H28N4O3. The number of benzene rings is 1. The SMILES string of the molecule is CCOc1ccccc1NC(=O)c1nc(C(=O)N2CCCCC2)c2n1CCCC2. The molecule has 7 nitrogen and oxygen atoms in total. The van der Waals surface area contributed by atoms with E-state index in [1.54, 1.807) is 0 Å². The first-order valence-corrected chi connectivity index (χ1v) is 10.6. The largest absolute Gasteiger partial charge is 0.492 e. The monoisotopic (exact) mass is 396 g/mol. The lowest BCUT2D eigenvalue weighted by Gasteiger charge is -2.26. The molecule has 0 unspecified atom stereocenters. The fourth-order valence-corrected chi connectivity index (χ4v) is 4.16. The van der Waals surface area contributed by atoms with Crippen LogP contribution < -0.4 is 10.1 Å². The number of carbonyl (C=O) groups is 2. The number of hydrogen-bond acceptors (Lipinski definition) is 4. The van der Waals surface area contributed by atoms with Gasteiger partial charge in [-0.1, -0.05) is 12.1 Å². The number of carbonyl (C=O) groups excluding carboxylic acids is 2. The van der Waals surface area contributed by atoms with Crippen molar-refractivity contribution in [1.82, 2.24) is 14.5 Å². The molecule has 1 fully saturated rings. The number of amides is 2. The first-order valence-electron chi connectivity index (χ1n) is 10.6. The second-order valence-corrected chi connectivity index (χ2v) is 7.58. The van der Waals surface area contributed by atoms with Crippen LogP contribution in [0.2, 0.25) is 0 Å². The third kappa shape index (κ3) is 3.99. The highest BCUT2D eigenvalue weighted by atomic mass is 16.5. The van der Waals surface area contributed by atoms with Crippen LogP contribution in [-0.4, -0.2) is 46.0 Å². The number of aromatic nitrogens is 2. The fraction of sp³-hybridized carbons (Fsp3) is 0.500. The van der Waals surface area contributed by atoms with Gasteiger partial charge in [0.15, 0.2) is 5.82 Å². The van der Waals surface area contributed by atoms with Crippen molar-refractivity contribution < 1.29 is 14.3 Å². The van der Waals surface area contributed by atoms with Gasteiger partial charge in [0.05, 0.1) is 18.0 Å². The normalized spacial score (nSPS) is 16.2. The number of piperidine rings is 1. The molecule has 1 N–H and O–H groups in total. The van der Waals surface area contributed by atoms with Crippen LogP contribution in [0.15, 0.2) is 24.3 Å². The smallest absolute Gasteiger partial charge is 0.291 e. The summed E-state index contributed by atoms with van der Waals surface area (Å²) in [5, 5.41) is 2.92. The Morgan fingerprint density at radius 1 is 1.07 bits per heavy atom. The first-order chi connectivity index (χ1) is 14.2. The molecule has 2 aromatic rings. The van der Waals surface area contributed by atoms with Crippen LogP contribution in [0.1, 0.15) is 65.8 Å². The topological polar surface area (TPSA) is 76.5 Å². The number of anilines is 1. The summed E-state index contributed by atoms with van der Waals surface area (Å²) in [6, 6.07) is 7.35. The number of rotatable bonds is 5. The van der Waals surface area contributed by atoms with Crippen molar-refractivity contribution in [1.29, 1.82) is 0 Å². The quantitative estimate of drug-likeness (QED) is 0.839. The van der Waals surface area contributed by atoms with Crippen LogP contribution in [0, 0.1) is 0 Å². The summed E-state index contributed by atoms with van der Waals surface area (Å²) >= 11 is 0. The number of nitrogens with one attached hydrogen (secondary N) is 1. The highest BCUT2D eigenvalue weighted by molar-refractivity contribution is 6.04. The van der Waals surface area contributed by atoms with E-state index in [4.69, 9.17) is 4.74 Å². The van der Waals surface area contributed by atoms with Gasteiger partial charge < -0.3 is 19.5 Å². The highest BCUT2D eigenvalue weighted by Crippen LogP contribution is 2.27. The molecule has 29 heavy (non-hydrogen) atoms. The molecule has 0 radical (unpaired) electrons. The van der Waals surface area contributed by atoms with Crippen LogP contribution in [0.25, 0.3) is 0 Å². The van der Waals surface area contributed by atoms with E-state index < -0.39 is 0 Å². The van der Waals surface area contributed by atoms with Gasteiger partial charge in [-0.3, -0.25) is 9.59 Å². The molecular weight excluding hydrogens is 368 g/mol. The van der Waals surface area contributed by atoms with Crippen LogP contribution >= 0.6 is 0 Å². The number of nitrogens with zero attached hydrogens (tertiary/aromatic N) is 3.